The molecule has 12 nitrogen and oxygen atoms in total. The number of anilines is 3. The number of fused-ring (bicyclic) bond motifs is 1. The van der Waals surface area contributed by atoms with Gasteiger partial charge in [-0.1, -0.05) is 24.8 Å². The van der Waals surface area contributed by atoms with E-state index >= 15 is 0 Å². The Hall–Kier alpha value is -4.63. The molecule has 0 bridgehead atoms. The number of ether oxygens (including phenoxy) is 1. The number of rotatable bonds is 14. The minimum Gasteiger partial charge on any atom is -0.480 e. The quantitative estimate of drug-likeness (QED) is 0.130. The summed E-state index contributed by atoms with van der Waals surface area (Å²) in [5.74, 6) is 7.50. The van der Waals surface area contributed by atoms with Crippen LogP contribution >= 0.6 is 0 Å². The lowest BCUT2D eigenvalue weighted by Gasteiger charge is -2.23. The number of H-pyrrole nitrogens is 1. The first-order valence-electron chi connectivity index (χ1n) is 14.0. The Morgan fingerprint density at radius 2 is 2.02 bits per heavy atom. The highest BCUT2D eigenvalue weighted by Gasteiger charge is 2.20. The second-order valence-corrected chi connectivity index (χ2v) is 9.99. The number of hydrogen-bond donors (Lipinski definition) is 4. The highest BCUT2D eigenvalue weighted by Crippen LogP contribution is 2.27. The molecule has 0 fully saturated rings. The summed E-state index contributed by atoms with van der Waals surface area (Å²) in [4.78, 5) is 37.3. The Morgan fingerprint density at radius 3 is 2.76 bits per heavy atom. The lowest BCUT2D eigenvalue weighted by atomic mass is 10.2. The van der Waals surface area contributed by atoms with Gasteiger partial charge in [-0.05, 0) is 52.1 Å². The number of unbranched alkanes of at least 4 members (excludes halogenated alkanes) is 1. The van der Waals surface area contributed by atoms with Gasteiger partial charge in [-0.15, -0.1) is 5.10 Å². The van der Waals surface area contributed by atoms with Gasteiger partial charge in [0.05, 0.1) is 29.8 Å². The molecule has 0 saturated carbocycles. The molecule has 0 unspecified atom stereocenters. The zero-order chi connectivity index (χ0) is 30.5. The van der Waals surface area contributed by atoms with E-state index in [0.717, 1.165) is 29.6 Å². The Labute approximate surface area is 247 Å². The molecule has 0 aliphatic rings. The number of methoxy groups -OCH3 is 1. The summed E-state index contributed by atoms with van der Waals surface area (Å²) >= 11 is 0. The third kappa shape index (κ3) is 9.21. The standard InChI is InChI=1S/C30H41N9O3/c1-7-16-31-27-22(20-33-30(35-27)34-23-14-15-25-24(19-23)29(42-6)37-36-25)12-9-8-10-17-32-28(41)21(2)39(5)26(40)13-11-18-38(3)4/h11,13-15,19-21H,7-8,10,16-18H2,1-6H3,(H,32,41)(H,36,37)(H2,31,33,34,35)/b13-11+/t21-/m0/s1. The van der Waals surface area contributed by atoms with E-state index in [4.69, 9.17) is 4.74 Å². The first-order valence-corrected chi connectivity index (χ1v) is 14.0. The van der Waals surface area contributed by atoms with Crippen molar-refractivity contribution in [2.45, 2.75) is 39.2 Å². The van der Waals surface area contributed by atoms with Crippen LogP contribution in [0.15, 0.2) is 36.5 Å². The fourth-order valence-corrected chi connectivity index (χ4v) is 3.81. The van der Waals surface area contributed by atoms with Gasteiger partial charge in [-0.3, -0.25) is 14.7 Å². The fraction of sp³-hybridized carbons (Fsp3) is 0.433. The highest BCUT2D eigenvalue weighted by atomic mass is 16.5. The molecule has 4 N–H and O–H groups in total. The number of hydrogen-bond acceptors (Lipinski definition) is 9. The van der Waals surface area contributed by atoms with Crippen molar-refractivity contribution < 1.29 is 14.3 Å². The topological polar surface area (TPSA) is 140 Å². The Balaban J connectivity index is 1.54. The van der Waals surface area contributed by atoms with E-state index in [2.05, 4.69) is 54.9 Å². The number of likely N-dealkylation sites (N-methyl/N-ethyl adjacent to an activating group) is 2. The first kappa shape index (κ1) is 31.9. The molecule has 0 aliphatic heterocycles. The molecule has 0 saturated heterocycles. The summed E-state index contributed by atoms with van der Waals surface area (Å²) in [7, 11) is 7.05. The molecule has 2 heterocycles. The predicted octanol–water partition coefficient (Wildman–Crippen LogP) is 3.14. The van der Waals surface area contributed by atoms with Gasteiger partial charge in [0.15, 0.2) is 0 Å². The zero-order valence-corrected chi connectivity index (χ0v) is 25.2. The molecule has 2 aromatic heterocycles. The smallest absolute Gasteiger partial charge is 0.246 e. The molecule has 1 aromatic carbocycles. The number of benzene rings is 1. The third-order valence-electron chi connectivity index (χ3n) is 6.35. The van der Waals surface area contributed by atoms with E-state index in [9.17, 15) is 9.59 Å². The third-order valence-corrected chi connectivity index (χ3v) is 6.35. The summed E-state index contributed by atoms with van der Waals surface area (Å²) in [5.41, 5.74) is 2.37. The number of nitrogens with one attached hydrogen (secondary N) is 4. The highest BCUT2D eigenvalue weighted by molar-refractivity contribution is 5.92. The van der Waals surface area contributed by atoms with Crippen LogP contribution in [0.25, 0.3) is 10.9 Å². The summed E-state index contributed by atoms with van der Waals surface area (Å²) in [5, 5.41) is 17.4. The van der Waals surface area contributed by atoms with Gasteiger partial charge in [0.2, 0.25) is 23.6 Å². The van der Waals surface area contributed by atoms with Crippen molar-refractivity contribution in [3.8, 4) is 17.7 Å². The number of carbonyl (C=O) groups excluding carboxylic acids is 2. The second-order valence-electron chi connectivity index (χ2n) is 9.99. The molecule has 2 amide bonds. The van der Waals surface area contributed by atoms with Gasteiger partial charge in [-0.25, -0.2) is 4.98 Å². The molecule has 0 spiro atoms. The van der Waals surface area contributed by atoms with Crippen LogP contribution < -0.4 is 20.7 Å². The fourth-order valence-electron chi connectivity index (χ4n) is 3.81. The molecule has 3 rings (SSSR count). The molecular weight excluding hydrogens is 534 g/mol. The van der Waals surface area contributed by atoms with E-state index in [0.29, 0.717) is 49.1 Å². The molecule has 42 heavy (non-hydrogen) atoms. The minimum absolute atomic E-state index is 0.201. The maximum Gasteiger partial charge on any atom is 0.246 e. The van der Waals surface area contributed by atoms with Crippen molar-refractivity contribution in [1.29, 1.82) is 0 Å². The van der Waals surface area contributed by atoms with Crippen LogP contribution in [0.1, 0.15) is 38.7 Å². The van der Waals surface area contributed by atoms with Crippen molar-refractivity contribution in [3.63, 3.8) is 0 Å². The lowest BCUT2D eigenvalue weighted by Crippen LogP contribution is -2.45. The summed E-state index contributed by atoms with van der Waals surface area (Å²) in [6, 6.07) is 5.17. The molecule has 3 aromatic rings. The van der Waals surface area contributed by atoms with E-state index in [1.54, 1.807) is 33.4 Å². The Morgan fingerprint density at radius 1 is 1.21 bits per heavy atom. The van der Waals surface area contributed by atoms with Gasteiger partial charge >= 0.3 is 0 Å². The molecule has 0 radical (unpaired) electrons. The Kier molecular flexibility index (Phi) is 12.1. The van der Waals surface area contributed by atoms with Gasteiger partial charge in [0.1, 0.15) is 11.9 Å². The Bertz CT molecular complexity index is 1440. The van der Waals surface area contributed by atoms with Crippen LogP contribution in [0.5, 0.6) is 5.88 Å². The van der Waals surface area contributed by atoms with Gasteiger partial charge in [0.25, 0.3) is 0 Å². The monoisotopic (exact) mass is 575 g/mol. The number of aromatic amines is 1. The van der Waals surface area contributed by atoms with Crippen LogP contribution in [0, 0.1) is 11.8 Å². The average Bonchev–Trinajstić information content (AvgIpc) is 3.39. The molecule has 12 heteroatoms. The molecule has 224 valence electrons. The second kappa shape index (κ2) is 16.0. The number of aromatic nitrogens is 4. The maximum absolute atomic E-state index is 12.5. The maximum atomic E-state index is 12.5. The van der Waals surface area contributed by atoms with E-state index < -0.39 is 6.04 Å². The molecular formula is C30H41N9O3. The minimum atomic E-state index is -0.576. The first-order chi connectivity index (χ1) is 20.2. The van der Waals surface area contributed by atoms with E-state index in [1.807, 2.05) is 37.2 Å². The molecule has 0 aliphatic carbocycles. The van der Waals surface area contributed by atoms with Crippen LogP contribution in [0.2, 0.25) is 0 Å². The van der Waals surface area contributed by atoms with Crippen LogP contribution in [-0.4, -0.2) is 95.7 Å². The summed E-state index contributed by atoms with van der Waals surface area (Å²) in [6.45, 7) is 5.65. The van der Waals surface area contributed by atoms with Crippen molar-refractivity contribution >= 4 is 40.2 Å². The largest absolute Gasteiger partial charge is 0.480 e. The molecule has 1 atom stereocenters. The average molecular weight is 576 g/mol. The van der Waals surface area contributed by atoms with Crippen molar-refractivity contribution in [1.82, 2.24) is 35.3 Å². The van der Waals surface area contributed by atoms with E-state index in [-0.39, 0.29) is 11.8 Å². The van der Waals surface area contributed by atoms with Crippen LogP contribution in [0.4, 0.5) is 17.5 Å². The van der Waals surface area contributed by atoms with E-state index in [1.165, 1.54) is 11.0 Å². The van der Waals surface area contributed by atoms with Crippen molar-refractivity contribution in [2.24, 2.45) is 0 Å². The number of carbonyl (C=O) groups is 2. The van der Waals surface area contributed by atoms with Crippen molar-refractivity contribution in [2.75, 3.05) is 58.5 Å². The van der Waals surface area contributed by atoms with Crippen molar-refractivity contribution in [3.05, 3.63) is 42.1 Å². The SMILES string of the molecule is CCCNc1nc(Nc2ccc3[nH]nc(OC)c3c2)ncc1C#CCCCNC(=O)[C@H](C)N(C)C(=O)/C=C/CN(C)C. The summed E-state index contributed by atoms with van der Waals surface area (Å²) < 4.78 is 5.31. The number of amides is 2. The van der Waals surface area contributed by atoms with Gasteiger partial charge in [-0.2, -0.15) is 4.98 Å². The van der Waals surface area contributed by atoms with Crippen LogP contribution in [0.3, 0.4) is 0 Å². The van der Waals surface area contributed by atoms with Crippen LogP contribution in [-0.2, 0) is 9.59 Å². The predicted molar refractivity (Wildman–Crippen MR) is 166 cm³/mol. The summed E-state index contributed by atoms with van der Waals surface area (Å²) in [6.07, 6.45) is 7.15. The van der Waals surface area contributed by atoms with Gasteiger partial charge < -0.3 is 30.5 Å². The van der Waals surface area contributed by atoms with Gasteiger partial charge in [0, 0.05) is 44.9 Å². The number of nitrogens with zero attached hydrogens (tertiary/aromatic N) is 5. The lowest BCUT2D eigenvalue weighted by molar-refractivity contribution is -0.135. The zero-order valence-electron chi connectivity index (χ0n) is 25.2. The normalized spacial score (nSPS) is 11.7.